The van der Waals surface area contributed by atoms with Crippen molar-refractivity contribution in [3.63, 3.8) is 0 Å². The highest BCUT2D eigenvalue weighted by atomic mass is 16.3. The number of rotatable bonds is 1. The van der Waals surface area contributed by atoms with Crippen molar-refractivity contribution < 1.29 is 4.42 Å². The highest BCUT2D eigenvalue weighted by Gasteiger charge is 2.36. The molecule has 2 aliphatic rings. The van der Waals surface area contributed by atoms with E-state index < -0.39 is 0 Å². The van der Waals surface area contributed by atoms with Crippen LogP contribution in [0.15, 0.2) is 89.3 Å². The molecular formula is C27H19NO. The molecule has 2 aliphatic heterocycles. The Morgan fingerprint density at radius 2 is 1.48 bits per heavy atom. The first-order valence-corrected chi connectivity index (χ1v) is 10.3. The van der Waals surface area contributed by atoms with Gasteiger partial charge in [0.1, 0.15) is 11.2 Å². The van der Waals surface area contributed by atoms with E-state index in [4.69, 9.17) is 4.42 Å². The second-order valence-electron chi connectivity index (χ2n) is 8.18. The smallest absolute Gasteiger partial charge is 0.143 e. The van der Waals surface area contributed by atoms with Crippen LogP contribution < -0.4 is 4.90 Å². The average Bonchev–Trinajstić information content (AvgIpc) is 3.42. The summed E-state index contributed by atoms with van der Waals surface area (Å²) in [5, 5.41) is 2.37. The van der Waals surface area contributed by atoms with E-state index in [-0.39, 0.29) is 0 Å². The van der Waals surface area contributed by atoms with Crippen molar-refractivity contribution in [3.05, 3.63) is 96.1 Å². The summed E-state index contributed by atoms with van der Waals surface area (Å²) in [5.74, 6) is 0. The predicted molar refractivity (Wildman–Crippen MR) is 119 cm³/mol. The van der Waals surface area contributed by atoms with Crippen LogP contribution in [0.4, 0.5) is 11.4 Å². The van der Waals surface area contributed by atoms with Crippen LogP contribution in [0, 0.1) is 0 Å². The van der Waals surface area contributed by atoms with Gasteiger partial charge in [-0.25, -0.2) is 0 Å². The average molecular weight is 373 g/mol. The van der Waals surface area contributed by atoms with Gasteiger partial charge in [0.2, 0.25) is 0 Å². The first-order chi connectivity index (χ1) is 14.4. The van der Waals surface area contributed by atoms with Crippen LogP contribution in [0.25, 0.3) is 33.1 Å². The topological polar surface area (TPSA) is 16.4 Å². The number of hydrogen-bond donors (Lipinski definition) is 0. The highest BCUT2D eigenvalue weighted by Crippen LogP contribution is 2.47. The van der Waals surface area contributed by atoms with Crippen LogP contribution in [0.1, 0.15) is 11.1 Å². The molecule has 0 saturated carbocycles. The van der Waals surface area contributed by atoms with E-state index in [1.807, 2.05) is 12.1 Å². The number of nitrogens with zero attached hydrogens (tertiary/aromatic N) is 1. The summed E-state index contributed by atoms with van der Waals surface area (Å²) in [6, 6.07) is 31.1. The van der Waals surface area contributed by atoms with Gasteiger partial charge in [-0.05, 0) is 53.8 Å². The molecule has 0 saturated heterocycles. The largest absolute Gasteiger partial charge is 0.455 e. The SMILES string of the molecule is c1ccc2c(c1)CC1Cc3cc(-c4cccc5c4oc4ccccc45)ccc3N21. The molecule has 1 unspecified atom stereocenters. The summed E-state index contributed by atoms with van der Waals surface area (Å²) in [7, 11) is 0. The van der Waals surface area contributed by atoms with Gasteiger partial charge in [-0.1, -0.05) is 60.7 Å². The van der Waals surface area contributed by atoms with E-state index in [0.717, 1.165) is 24.0 Å². The Balaban J connectivity index is 1.39. The first-order valence-electron chi connectivity index (χ1n) is 10.3. The Morgan fingerprint density at radius 3 is 2.48 bits per heavy atom. The van der Waals surface area contributed by atoms with Gasteiger partial charge in [-0.15, -0.1) is 0 Å². The lowest BCUT2D eigenvalue weighted by Crippen LogP contribution is -2.22. The minimum absolute atomic E-state index is 0.555. The quantitative estimate of drug-likeness (QED) is 0.319. The van der Waals surface area contributed by atoms with E-state index in [1.54, 1.807) is 0 Å². The minimum atomic E-state index is 0.555. The summed E-state index contributed by atoms with van der Waals surface area (Å²) in [6.07, 6.45) is 2.24. The summed E-state index contributed by atoms with van der Waals surface area (Å²) in [5.41, 5.74) is 10.0. The molecule has 0 spiro atoms. The molecule has 0 amide bonds. The Kier molecular flexibility index (Phi) is 2.93. The Labute approximate surface area is 169 Å². The van der Waals surface area contributed by atoms with Crippen molar-refractivity contribution in [1.82, 2.24) is 0 Å². The summed E-state index contributed by atoms with van der Waals surface area (Å²) in [6.45, 7) is 0. The molecule has 0 aliphatic carbocycles. The molecular weight excluding hydrogens is 354 g/mol. The lowest BCUT2D eigenvalue weighted by molar-refractivity contribution is 0.670. The summed E-state index contributed by atoms with van der Waals surface area (Å²) < 4.78 is 6.27. The van der Waals surface area contributed by atoms with Crippen molar-refractivity contribution in [2.24, 2.45) is 0 Å². The van der Waals surface area contributed by atoms with Crippen molar-refractivity contribution in [3.8, 4) is 11.1 Å². The zero-order valence-electron chi connectivity index (χ0n) is 15.9. The lowest BCUT2D eigenvalue weighted by Gasteiger charge is -2.20. The number of hydrogen-bond acceptors (Lipinski definition) is 2. The maximum absolute atomic E-state index is 6.27. The number of furan rings is 1. The molecule has 1 aromatic heterocycles. The molecule has 29 heavy (non-hydrogen) atoms. The van der Waals surface area contributed by atoms with Gasteiger partial charge in [0, 0.05) is 33.8 Å². The van der Waals surface area contributed by atoms with Crippen molar-refractivity contribution in [2.75, 3.05) is 4.90 Å². The van der Waals surface area contributed by atoms with Crippen LogP contribution >= 0.6 is 0 Å². The monoisotopic (exact) mass is 373 g/mol. The molecule has 2 nitrogen and oxygen atoms in total. The normalized spacial score (nSPS) is 17.0. The maximum atomic E-state index is 6.27. The van der Waals surface area contributed by atoms with Crippen LogP contribution in [0.3, 0.4) is 0 Å². The molecule has 4 aromatic carbocycles. The third-order valence-electron chi connectivity index (χ3n) is 6.58. The predicted octanol–water partition coefficient (Wildman–Crippen LogP) is 6.87. The maximum Gasteiger partial charge on any atom is 0.143 e. The lowest BCUT2D eigenvalue weighted by atomic mass is 9.98. The molecule has 1 atom stereocenters. The molecule has 7 rings (SSSR count). The molecule has 0 fully saturated rings. The molecule has 2 heteroatoms. The zero-order chi connectivity index (χ0) is 18.9. The molecule has 0 bridgehead atoms. The number of benzene rings is 4. The van der Waals surface area contributed by atoms with Gasteiger partial charge in [-0.2, -0.15) is 0 Å². The Bertz CT molecular complexity index is 1430. The van der Waals surface area contributed by atoms with Gasteiger partial charge in [0.15, 0.2) is 0 Å². The molecule has 3 heterocycles. The minimum Gasteiger partial charge on any atom is -0.455 e. The molecule has 0 N–H and O–H groups in total. The van der Waals surface area contributed by atoms with Gasteiger partial charge in [-0.3, -0.25) is 0 Å². The van der Waals surface area contributed by atoms with Crippen molar-refractivity contribution in [2.45, 2.75) is 18.9 Å². The third-order valence-corrected chi connectivity index (χ3v) is 6.58. The summed E-state index contributed by atoms with van der Waals surface area (Å²) in [4.78, 5) is 2.54. The highest BCUT2D eigenvalue weighted by molar-refractivity contribution is 6.09. The standard InChI is InChI=1S/C27H19NO/c1-3-10-24-18(6-1)15-20-16-19-14-17(12-13-25(19)28(20)24)21-8-5-9-23-22-7-2-4-11-26(22)29-27(21)23/h1-14,20H,15-16H2. The van der Waals surface area contributed by atoms with E-state index in [2.05, 4.69) is 77.7 Å². The fraction of sp³-hybridized carbons (Fsp3) is 0.111. The van der Waals surface area contributed by atoms with Gasteiger partial charge < -0.3 is 9.32 Å². The van der Waals surface area contributed by atoms with E-state index >= 15 is 0 Å². The number of fused-ring (bicyclic) bond motifs is 8. The second kappa shape index (κ2) is 5.51. The Morgan fingerprint density at radius 1 is 0.690 bits per heavy atom. The van der Waals surface area contributed by atoms with Crippen LogP contribution in [0.5, 0.6) is 0 Å². The molecule has 138 valence electrons. The van der Waals surface area contributed by atoms with E-state index in [0.29, 0.717) is 6.04 Å². The number of para-hydroxylation sites is 3. The zero-order valence-corrected chi connectivity index (χ0v) is 15.9. The third kappa shape index (κ3) is 2.06. The van der Waals surface area contributed by atoms with Gasteiger partial charge in [0.25, 0.3) is 0 Å². The molecule has 0 radical (unpaired) electrons. The van der Waals surface area contributed by atoms with Crippen LogP contribution in [-0.2, 0) is 12.8 Å². The van der Waals surface area contributed by atoms with Gasteiger partial charge in [0.05, 0.1) is 0 Å². The Hall–Kier alpha value is -3.52. The van der Waals surface area contributed by atoms with Crippen LogP contribution in [0.2, 0.25) is 0 Å². The fourth-order valence-electron chi connectivity index (χ4n) is 5.33. The number of anilines is 2. The fourth-order valence-corrected chi connectivity index (χ4v) is 5.33. The molecule has 5 aromatic rings. The van der Waals surface area contributed by atoms with Crippen LogP contribution in [-0.4, -0.2) is 6.04 Å². The van der Waals surface area contributed by atoms with Crippen molar-refractivity contribution in [1.29, 1.82) is 0 Å². The summed E-state index contributed by atoms with van der Waals surface area (Å²) >= 11 is 0. The van der Waals surface area contributed by atoms with E-state index in [1.165, 1.54) is 44.4 Å². The van der Waals surface area contributed by atoms with Gasteiger partial charge >= 0.3 is 0 Å². The van der Waals surface area contributed by atoms with E-state index in [9.17, 15) is 0 Å². The van der Waals surface area contributed by atoms with Crippen molar-refractivity contribution >= 4 is 33.3 Å². The first kappa shape index (κ1) is 15.4. The second-order valence-corrected chi connectivity index (χ2v) is 8.18.